The molecule has 1 aliphatic rings. The number of fused-ring (bicyclic) bond motifs is 1. The third-order valence-corrected chi connectivity index (χ3v) is 7.17. The van der Waals surface area contributed by atoms with Gasteiger partial charge >= 0.3 is 12.1 Å². The molecule has 10 heteroatoms. The fourth-order valence-electron chi connectivity index (χ4n) is 5.02. The molecule has 0 atom stereocenters. The van der Waals surface area contributed by atoms with E-state index in [1.165, 1.54) is 19.1 Å². The van der Waals surface area contributed by atoms with Crippen LogP contribution in [0.3, 0.4) is 0 Å². The largest absolute Gasteiger partial charge is 0.480 e. The normalized spacial score (nSPS) is 15.6. The van der Waals surface area contributed by atoms with Crippen LogP contribution in [0.5, 0.6) is 0 Å². The van der Waals surface area contributed by atoms with E-state index < -0.39 is 30.2 Å². The summed E-state index contributed by atoms with van der Waals surface area (Å²) >= 11 is 0. The quantitative estimate of drug-likeness (QED) is 0.471. The molecule has 1 aliphatic heterocycles. The van der Waals surface area contributed by atoms with E-state index in [1.807, 2.05) is 0 Å². The number of amides is 2. The first-order valence-corrected chi connectivity index (χ1v) is 13.7. The Morgan fingerprint density at radius 1 is 0.975 bits per heavy atom. The van der Waals surface area contributed by atoms with E-state index in [1.54, 1.807) is 23.1 Å². The second-order valence-corrected chi connectivity index (χ2v) is 10.6. The highest BCUT2D eigenvalue weighted by atomic mass is 19.4. The van der Waals surface area contributed by atoms with E-state index >= 15 is 0 Å². The lowest BCUT2D eigenvalue weighted by Crippen LogP contribution is -2.36. The van der Waals surface area contributed by atoms with Gasteiger partial charge in [0.05, 0.1) is 5.56 Å². The average Bonchev–Trinajstić information content (AvgIpc) is 2.87. The number of halogens is 3. The van der Waals surface area contributed by atoms with Crippen molar-refractivity contribution < 1.29 is 32.7 Å². The summed E-state index contributed by atoms with van der Waals surface area (Å²) in [4.78, 5) is 42.9. The minimum atomic E-state index is -4.56. The Hall–Kier alpha value is -3.40. The van der Waals surface area contributed by atoms with Crippen LogP contribution >= 0.6 is 0 Å². The Bertz CT molecular complexity index is 1200. The molecule has 2 amide bonds. The lowest BCUT2D eigenvalue weighted by Gasteiger charge is -2.31. The molecule has 0 spiro atoms. The number of carboxylic acids is 1. The van der Waals surface area contributed by atoms with Crippen LogP contribution in [-0.4, -0.2) is 58.4 Å². The molecule has 1 heterocycles. The molecule has 2 aromatic carbocycles. The van der Waals surface area contributed by atoms with Crippen LogP contribution in [0.1, 0.15) is 79.9 Å². The maximum atomic E-state index is 13.6. The smallest absolute Gasteiger partial charge is 0.416 e. The summed E-state index contributed by atoms with van der Waals surface area (Å²) in [6.07, 6.45) is 0.533. The Labute approximate surface area is 233 Å². The highest BCUT2D eigenvalue weighted by molar-refractivity contribution is 5.98. The number of benzene rings is 2. The Balaban J connectivity index is 2.01. The van der Waals surface area contributed by atoms with Crippen molar-refractivity contribution in [2.75, 3.05) is 24.5 Å². The maximum absolute atomic E-state index is 13.6. The van der Waals surface area contributed by atoms with Gasteiger partial charge in [0.25, 0.3) is 5.91 Å². The van der Waals surface area contributed by atoms with Crippen molar-refractivity contribution in [2.24, 2.45) is 0 Å². The summed E-state index contributed by atoms with van der Waals surface area (Å²) in [6.45, 7) is 6.62. The number of carbonyl (C=O) groups excluding carboxylic acids is 2. The zero-order valence-electron chi connectivity index (χ0n) is 23.3. The van der Waals surface area contributed by atoms with E-state index in [-0.39, 0.29) is 29.6 Å². The van der Waals surface area contributed by atoms with Crippen LogP contribution in [-0.2, 0) is 28.9 Å². The molecule has 0 aromatic heterocycles. The Morgan fingerprint density at radius 3 is 2.27 bits per heavy atom. The lowest BCUT2D eigenvalue weighted by molar-refractivity contribution is -0.139. The molecule has 218 valence electrons. The summed E-state index contributed by atoms with van der Waals surface area (Å²) in [5.41, 5.74) is 0.990. The van der Waals surface area contributed by atoms with Crippen LogP contribution in [0.15, 0.2) is 42.5 Å². The van der Waals surface area contributed by atoms with E-state index in [0.717, 1.165) is 61.2 Å². The summed E-state index contributed by atoms with van der Waals surface area (Å²) < 4.78 is 39.7. The zero-order chi connectivity index (χ0) is 29.4. The summed E-state index contributed by atoms with van der Waals surface area (Å²) in [6, 6.07) is 9.70. The van der Waals surface area contributed by atoms with E-state index in [4.69, 9.17) is 0 Å². The molecule has 0 radical (unpaired) electrons. The number of nitrogens with zero attached hydrogens (tertiary/aromatic N) is 3. The standard InChI is InChI=1S/C30H38F3N3O4/c1-21(2)34-14-7-5-4-6-8-15-36(22(3)37)27-13-12-24(17-25(27)19-34)29(40)35(20-28(38)39)18-23-10-9-11-26(16-23)30(31,32)33/h9-13,16-17,21H,4-8,14-15,18-20H2,1-3H3,(H,38,39). The van der Waals surface area contributed by atoms with Gasteiger partial charge in [-0.3, -0.25) is 19.3 Å². The molecule has 3 rings (SSSR count). The van der Waals surface area contributed by atoms with Crippen LogP contribution in [0.2, 0.25) is 0 Å². The van der Waals surface area contributed by atoms with E-state index in [9.17, 15) is 32.7 Å². The molecule has 0 saturated heterocycles. The molecule has 0 saturated carbocycles. The van der Waals surface area contributed by atoms with Gasteiger partial charge in [-0.25, -0.2) is 0 Å². The molecule has 0 bridgehead atoms. The minimum Gasteiger partial charge on any atom is -0.480 e. The highest BCUT2D eigenvalue weighted by Gasteiger charge is 2.31. The lowest BCUT2D eigenvalue weighted by atomic mass is 10.0. The first kappa shape index (κ1) is 31.1. The number of aliphatic carboxylic acids is 1. The molecule has 0 aliphatic carbocycles. The zero-order valence-corrected chi connectivity index (χ0v) is 23.3. The highest BCUT2D eigenvalue weighted by Crippen LogP contribution is 2.30. The van der Waals surface area contributed by atoms with Crippen LogP contribution < -0.4 is 4.90 Å². The maximum Gasteiger partial charge on any atom is 0.416 e. The number of alkyl halides is 3. The Kier molecular flexibility index (Phi) is 10.7. The van der Waals surface area contributed by atoms with Crippen molar-refractivity contribution >= 4 is 23.5 Å². The second-order valence-electron chi connectivity index (χ2n) is 10.6. The molecule has 2 aromatic rings. The van der Waals surface area contributed by atoms with Gasteiger partial charge < -0.3 is 14.9 Å². The van der Waals surface area contributed by atoms with Crippen molar-refractivity contribution in [3.8, 4) is 0 Å². The molecule has 1 N–H and O–H groups in total. The number of carbonyl (C=O) groups is 3. The predicted molar refractivity (Wildman–Crippen MR) is 147 cm³/mol. The molecular weight excluding hydrogens is 523 g/mol. The molecule has 0 unspecified atom stereocenters. The fourth-order valence-corrected chi connectivity index (χ4v) is 5.02. The van der Waals surface area contributed by atoms with Gasteiger partial charge in [0.15, 0.2) is 0 Å². The summed E-state index contributed by atoms with van der Waals surface area (Å²) in [7, 11) is 0. The van der Waals surface area contributed by atoms with Crippen LogP contribution in [0, 0.1) is 0 Å². The van der Waals surface area contributed by atoms with Crippen molar-refractivity contribution in [1.82, 2.24) is 9.80 Å². The molecule has 7 nitrogen and oxygen atoms in total. The first-order chi connectivity index (χ1) is 18.9. The van der Waals surface area contributed by atoms with Gasteiger partial charge in [-0.2, -0.15) is 13.2 Å². The Morgan fingerprint density at radius 2 is 1.65 bits per heavy atom. The topological polar surface area (TPSA) is 81.2 Å². The van der Waals surface area contributed by atoms with Gasteiger partial charge in [0.2, 0.25) is 5.91 Å². The van der Waals surface area contributed by atoms with Crippen molar-refractivity contribution in [2.45, 2.75) is 78.2 Å². The monoisotopic (exact) mass is 561 g/mol. The van der Waals surface area contributed by atoms with Gasteiger partial charge in [-0.1, -0.05) is 31.4 Å². The first-order valence-electron chi connectivity index (χ1n) is 13.7. The van der Waals surface area contributed by atoms with Crippen LogP contribution in [0.25, 0.3) is 0 Å². The van der Waals surface area contributed by atoms with Crippen molar-refractivity contribution in [3.63, 3.8) is 0 Å². The molecular formula is C30H38F3N3O4. The molecule has 0 fully saturated rings. The van der Waals surface area contributed by atoms with Gasteiger partial charge in [-0.15, -0.1) is 0 Å². The number of carboxylic acid groups (broad SMARTS) is 1. The summed E-state index contributed by atoms with van der Waals surface area (Å²) in [5.74, 6) is -2.00. The average molecular weight is 562 g/mol. The summed E-state index contributed by atoms with van der Waals surface area (Å²) in [5, 5.41) is 9.48. The molecule has 40 heavy (non-hydrogen) atoms. The van der Waals surface area contributed by atoms with E-state index in [2.05, 4.69) is 18.7 Å². The number of hydrogen-bond donors (Lipinski definition) is 1. The number of rotatable bonds is 6. The van der Waals surface area contributed by atoms with Gasteiger partial charge in [0.1, 0.15) is 6.54 Å². The number of anilines is 1. The van der Waals surface area contributed by atoms with Gasteiger partial charge in [-0.05, 0) is 74.7 Å². The van der Waals surface area contributed by atoms with Crippen LogP contribution in [0.4, 0.5) is 18.9 Å². The fraction of sp³-hybridized carbons (Fsp3) is 0.500. The third kappa shape index (κ3) is 8.55. The number of hydrogen-bond acceptors (Lipinski definition) is 4. The SMILES string of the molecule is CC(=O)N1CCCCCCCN(C(C)C)Cc2cc(C(=O)N(CC(=O)O)Cc3cccc(C(F)(F)F)c3)ccc21. The third-order valence-electron chi connectivity index (χ3n) is 7.17. The van der Waals surface area contributed by atoms with Crippen molar-refractivity contribution in [1.29, 1.82) is 0 Å². The van der Waals surface area contributed by atoms with Crippen molar-refractivity contribution in [3.05, 3.63) is 64.7 Å². The second kappa shape index (κ2) is 13.8. The minimum absolute atomic E-state index is 0.106. The van der Waals surface area contributed by atoms with Gasteiger partial charge in [0, 0.05) is 43.9 Å². The van der Waals surface area contributed by atoms with E-state index in [0.29, 0.717) is 18.8 Å². The predicted octanol–water partition coefficient (Wildman–Crippen LogP) is 5.96.